The van der Waals surface area contributed by atoms with Crippen molar-refractivity contribution in [3.8, 4) is 0 Å². The quantitative estimate of drug-likeness (QED) is 0.774. The minimum Gasteiger partial charge on any atom is -0.326 e. The van der Waals surface area contributed by atoms with E-state index in [1.54, 1.807) is 24.3 Å². The molecule has 1 heterocycles. The number of carbonyl (C=O) groups excluding carboxylic acids is 2. The van der Waals surface area contributed by atoms with Crippen LogP contribution in [0.3, 0.4) is 0 Å². The van der Waals surface area contributed by atoms with Crippen LogP contribution in [0.15, 0.2) is 24.3 Å². The summed E-state index contributed by atoms with van der Waals surface area (Å²) in [5.74, 6) is -0.334. The summed E-state index contributed by atoms with van der Waals surface area (Å²) in [7, 11) is 0. The molecule has 0 unspecified atom stereocenters. The monoisotopic (exact) mass is 360 g/mol. The number of hydrogen-bond donors (Lipinski definition) is 2. The highest BCUT2D eigenvalue weighted by Gasteiger charge is 2.23. The second-order valence-corrected chi connectivity index (χ2v) is 7.46. The zero-order chi connectivity index (χ0) is 18.4. The third-order valence-electron chi connectivity index (χ3n) is 3.99. The topological polar surface area (TPSA) is 84.0 Å². The molecule has 2 amide bonds. The summed E-state index contributed by atoms with van der Waals surface area (Å²) >= 11 is 1.38. The summed E-state index contributed by atoms with van der Waals surface area (Å²) in [6, 6.07) is 6.85. The average Bonchev–Trinajstić information content (AvgIpc) is 3.04. The summed E-state index contributed by atoms with van der Waals surface area (Å²) in [5.41, 5.74) is 1.00. The molecule has 7 heteroatoms. The molecule has 134 valence electrons. The maximum Gasteiger partial charge on any atom is 0.257 e. The lowest BCUT2D eigenvalue weighted by molar-refractivity contribution is -0.116. The van der Waals surface area contributed by atoms with E-state index >= 15 is 0 Å². The van der Waals surface area contributed by atoms with E-state index in [2.05, 4.69) is 41.6 Å². The lowest BCUT2D eigenvalue weighted by Crippen LogP contribution is -2.14. The third-order valence-corrected chi connectivity index (χ3v) is 5.20. The zero-order valence-corrected chi connectivity index (χ0v) is 15.9. The number of anilines is 2. The first-order valence-electron chi connectivity index (χ1n) is 8.41. The van der Waals surface area contributed by atoms with Gasteiger partial charge in [-0.3, -0.25) is 14.9 Å². The van der Waals surface area contributed by atoms with Gasteiger partial charge >= 0.3 is 0 Å². The van der Waals surface area contributed by atoms with Gasteiger partial charge in [0.15, 0.2) is 0 Å². The lowest BCUT2D eigenvalue weighted by Gasteiger charge is -2.17. The Labute approximate surface area is 152 Å². The third kappa shape index (κ3) is 5.09. The van der Waals surface area contributed by atoms with Gasteiger partial charge in [0.05, 0.1) is 0 Å². The molecule has 0 fully saturated rings. The fraction of sp³-hybridized carbons (Fsp3) is 0.444. The van der Waals surface area contributed by atoms with Crippen molar-refractivity contribution in [1.29, 1.82) is 0 Å². The van der Waals surface area contributed by atoms with Crippen LogP contribution in [0, 0.1) is 0 Å². The Balaban J connectivity index is 2.07. The molecule has 2 N–H and O–H groups in total. The number of amides is 2. The van der Waals surface area contributed by atoms with Crippen LogP contribution in [0.1, 0.15) is 62.3 Å². The fourth-order valence-corrected chi connectivity index (χ4v) is 2.97. The SMILES string of the molecule is CCCC(=O)Nc1cccc(C(=O)Nc2nnc(C(C)(C)CC)s2)c1. The van der Waals surface area contributed by atoms with Crippen molar-refractivity contribution in [1.82, 2.24) is 10.2 Å². The minimum absolute atomic E-state index is 0.0596. The molecule has 1 aromatic carbocycles. The lowest BCUT2D eigenvalue weighted by atomic mass is 9.91. The van der Waals surface area contributed by atoms with E-state index in [0.29, 0.717) is 22.8 Å². The molecule has 0 bridgehead atoms. The van der Waals surface area contributed by atoms with E-state index in [9.17, 15) is 9.59 Å². The number of benzene rings is 1. The first-order chi connectivity index (χ1) is 11.9. The molecule has 0 atom stereocenters. The van der Waals surface area contributed by atoms with Gasteiger partial charge in [0.1, 0.15) is 5.01 Å². The van der Waals surface area contributed by atoms with E-state index in [1.165, 1.54) is 11.3 Å². The smallest absolute Gasteiger partial charge is 0.257 e. The molecule has 6 nitrogen and oxygen atoms in total. The first-order valence-corrected chi connectivity index (χ1v) is 9.22. The number of nitrogens with one attached hydrogen (secondary N) is 2. The zero-order valence-electron chi connectivity index (χ0n) is 15.0. The van der Waals surface area contributed by atoms with Crippen LogP contribution in [0.5, 0.6) is 0 Å². The first kappa shape index (κ1) is 19.1. The number of nitrogens with zero attached hydrogens (tertiary/aromatic N) is 2. The van der Waals surface area contributed by atoms with Gasteiger partial charge in [-0.2, -0.15) is 0 Å². The van der Waals surface area contributed by atoms with E-state index in [4.69, 9.17) is 0 Å². The highest BCUT2D eigenvalue weighted by Crippen LogP contribution is 2.31. The number of carbonyl (C=O) groups is 2. The van der Waals surface area contributed by atoms with Gasteiger partial charge in [-0.1, -0.05) is 45.1 Å². The van der Waals surface area contributed by atoms with Crippen LogP contribution in [0.25, 0.3) is 0 Å². The average molecular weight is 360 g/mol. The second kappa shape index (κ2) is 8.20. The predicted molar refractivity (Wildman–Crippen MR) is 101 cm³/mol. The normalized spacial score (nSPS) is 11.2. The molecule has 0 saturated carbocycles. The molecular formula is C18H24N4O2S. The standard InChI is InChI=1S/C18H24N4O2S/c1-5-8-14(23)19-13-10-7-9-12(11-13)15(24)20-17-22-21-16(25-17)18(3,4)6-2/h7,9-11H,5-6,8H2,1-4H3,(H,19,23)(H,20,22,24). The Morgan fingerprint density at radius 1 is 1.16 bits per heavy atom. The van der Waals surface area contributed by atoms with Crippen molar-refractivity contribution in [2.45, 2.75) is 52.4 Å². The highest BCUT2D eigenvalue weighted by molar-refractivity contribution is 7.15. The van der Waals surface area contributed by atoms with E-state index in [0.717, 1.165) is 17.8 Å². The van der Waals surface area contributed by atoms with Crippen LogP contribution in [0.2, 0.25) is 0 Å². The number of aromatic nitrogens is 2. The van der Waals surface area contributed by atoms with Gasteiger partial charge in [0, 0.05) is 23.1 Å². The molecule has 1 aromatic heterocycles. The molecule has 2 rings (SSSR count). The van der Waals surface area contributed by atoms with Gasteiger partial charge in [-0.15, -0.1) is 10.2 Å². The summed E-state index contributed by atoms with van der Waals surface area (Å²) in [4.78, 5) is 24.1. The van der Waals surface area contributed by atoms with Gasteiger partial charge in [0.25, 0.3) is 5.91 Å². The van der Waals surface area contributed by atoms with E-state index in [-0.39, 0.29) is 17.2 Å². The largest absolute Gasteiger partial charge is 0.326 e. The summed E-state index contributed by atoms with van der Waals surface area (Å²) < 4.78 is 0. The molecule has 25 heavy (non-hydrogen) atoms. The Morgan fingerprint density at radius 2 is 1.92 bits per heavy atom. The van der Waals surface area contributed by atoms with Crippen LogP contribution < -0.4 is 10.6 Å². The van der Waals surface area contributed by atoms with Crippen molar-refractivity contribution in [2.24, 2.45) is 0 Å². The predicted octanol–water partition coefficient (Wildman–Crippen LogP) is 4.22. The Kier molecular flexibility index (Phi) is 6.25. The van der Waals surface area contributed by atoms with Crippen molar-refractivity contribution >= 4 is 34.0 Å². The summed E-state index contributed by atoms with van der Waals surface area (Å²) in [5, 5.41) is 15.2. The van der Waals surface area contributed by atoms with Gasteiger partial charge in [-0.05, 0) is 31.0 Å². The Hall–Kier alpha value is -2.28. The molecule has 2 aromatic rings. The summed E-state index contributed by atoms with van der Waals surface area (Å²) in [6.45, 7) is 8.24. The molecule has 0 radical (unpaired) electrons. The van der Waals surface area contributed by atoms with Gasteiger partial charge in [-0.25, -0.2) is 0 Å². The van der Waals surface area contributed by atoms with Crippen LogP contribution in [-0.4, -0.2) is 22.0 Å². The molecular weight excluding hydrogens is 336 g/mol. The van der Waals surface area contributed by atoms with Gasteiger partial charge < -0.3 is 5.32 Å². The molecule has 0 saturated heterocycles. The van der Waals surface area contributed by atoms with Crippen molar-refractivity contribution in [3.63, 3.8) is 0 Å². The Morgan fingerprint density at radius 3 is 2.60 bits per heavy atom. The highest BCUT2D eigenvalue weighted by atomic mass is 32.1. The summed E-state index contributed by atoms with van der Waals surface area (Å²) in [6.07, 6.45) is 2.17. The number of hydrogen-bond acceptors (Lipinski definition) is 5. The molecule has 0 aliphatic carbocycles. The van der Waals surface area contributed by atoms with Gasteiger partial charge in [0.2, 0.25) is 11.0 Å². The molecule has 0 spiro atoms. The van der Waals surface area contributed by atoms with Crippen molar-refractivity contribution in [2.75, 3.05) is 10.6 Å². The van der Waals surface area contributed by atoms with E-state index < -0.39 is 0 Å². The van der Waals surface area contributed by atoms with Crippen molar-refractivity contribution < 1.29 is 9.59 Å². The Bertz CT molecular complexity index is 755. The van der Waals surface area contributed by atoms with Crippen LogP contribution >= 0.6 is 11.3 Å². The maximum atomic E-state index is 12.4. The van der Waals surface area contributed by atoms with Crippen LogP contribution in [0.4, 0.5) is 10.8 Å². The van der Waals surface area contributed by atoms with E-state index in [1.807, 2.05) is 6.92 Å². The minimum atomic E-state index is -0.274. The maximum absolute atomic E-state index is 12.4. The number of rotatable bonds is 7. The van der Waals surface area contributed by atoms with Crippen molar-refractivity contribution in [3.05, 3.63) is 34.8 Å². The fourth-order valence-electron chi connectivity index (χ4n) is 2.06. The molecule has 0 aliphatic rings. The molecule has 0 aliphatic heterocycles. The second-order valence-electron chi connectivity index (χ2n) is 6.48. The van der Waals surface area contributed by atoms with Crippen LogP contribution in [-0.2, 0) is 10.2 Å².